The van der Waals surface area contributed by atoms with Gasteiger partial charge in [-0.1, -0.05) is 42.5 Å². The summed E-state index contributed by atoms with van der Waals surface area (Å²) < 4.78 is 11.0. The van der Waals surface area contributed by atoms with Crippen LogP contribution in [0.2, 0.25) is 0 Å². The average Bonchev–Trinajstić information content (AvgIpc) is 2.77. The fourth-order valence-corrected chi connectivity index (χ4v) is 3.77. The molecule has 2 aromatic rings. The molecule has 0 radical (unpaired) electrons. The highest BCUT2D eigenvalue weighted by atomic mass is 16.5. The van der Waals surface area contributed by atoms with E-state index in [9.17, 15) is 14.7 Å². The van der Waals surface area contributed by atoms with Gasteiger partial charge in [-0.15, -0.1) is 0 Å². The summed E-state index contributed by atoms with van der Waals surface area (Å²) in [6, 6.07) is 16.4. The van der Waals surface area contributed by atoms with Crippen molar-refractivity contribution in [3.8, 4) is 5.75 Å². The molecule has 0 aliphatic carbocycles. The Morgan fingerprint density at radius 1 is 1.00 bits per heavy atom. The van der Waals surface area contributed by atoms with Crippen LogP contribution in [-0.2, 0) is 14.9 Å². The first-order chi connectivity index (χ1) is 14.1. The molecule has 0 atom stereocenters. The number of carbonyl (C=O) groups excluding carboxylic acids is 1. The number of carboxylic acids is 1. The van der Waals surface area contributed by atoms with E-state index in [-0.39, 0.29) is 5.91 Å². The first-order valence-corrected chi connectivity index (χ1v) is 9.96. The number of likely N-dealkylation sites (tertiary alicyclic amines) is 1. The number of rotatable bonds is 8. The number of piperidine rings is 1. The van der Waals surface area contributed by atoms with Crippen molar-refractivity contribution in [1.82, 2.24) is 4.90 Å². The Morgan fingerprint density at radius 3 is 2.31 bits per heavy atom. The van der Waals surface area contributed by atoms with E-state index in [1.165, 1.54) is 0 Å². The van der Waals surface area contributed by atoms with Crippen LogP contribution in [0.5, 0.6) is 5.75 Å². The standard InChI is InChI=1S/C23H27NO5/c1-2-28-16-17-29-20-11-7-6-10-19(20)21(25)24-14-12-23(13-15-24,22(26)27)18-8-4-3-5-9-18/h3-11H,2,12-17H2,1H3,(H,26,27). The van der Waals surface area contributed by atoms with Crippen molar-refractivity contribution in [2.75, 3.05) is 32.9 Å². The predicted molar refractivity (Wildman–Crippen MR) is 109 cm³/mol. The smallest absolute Gasteiger partial charge is 0.314 e. The van der Waals surface area contributed by atoms with Gasteiger partial charge >= 0.3 is 5.97 Å². The van der Waals surface area contributed by atoms with Crippen LogP contribution in [0.1, 0.15) is 35.7 Å². The Labute approximate surface area is 171 Å². The van der Waals surface area contributed by atoms with Gasteiger partial charge in [-0.25, -0.2) is 0 Å². The number of ether oxygens (including phenoxy) is 2. The Morgan fingerprint density at radius 2 is 1.66 bits per heavy atom. The summed E-state index contributed by atoms with van der Waals surface area (Å²) in [5, 5.41) is 9.93. The second-order valence-corrected chi connectivity index (χ2v) is 7.09. The number of amides is 1. The molecule has 1 aliphatic rings. The Hall–Kier alpha value is -2.86. The van der Waals surface area contributed by atoms with E-state index >= 15 is 0 Å². The molecule has 0 saturated carbocycles. The molecule has 154 valence electrons. The van der Waals surface area contributed by atoms with Crippen LogP contribution in [0.25, 0.3) is 0 Å². The van der Waals surface area contributed by atoms with Gasteiger partial charge in [0.25, 0.3) is 5.91 Å². The van der Waals surface area contributed by atoms with E-state index in [4.69, 9.17) is 9.47 Å². The Kier molecular flexibility index (Phi) is 6.88. The van der Waals surface area contributed by atoms with Crippen molar-refractivity contribution in [3.63, 3.8) is 0 Å². The second-order valence-electron chi connectivity index (χ2n) is 7.09. The zero-order valence-electron chi connectivity index (χ0n) is 16.7. The molecule has 1 amide bonds. The quantitative estimate of drug-likeness (QED) is 0.691. The molecular weight excluding hydrogens is 370 g/mol. The summed E-state index contributed by atoms with van der Waals surface area (Å²) in [4.78, 5) is 26.9. The predicted octanol–water partition coefficient (Wildman–Crippen LogP) is 3.36. The van der Waals surface area contributed by atoms with Crippen molar-refractivity contribution in [1.29, 1.82) is 0 Å². The molecule has 1 N–H and O–H groups in total. The van der Waals surface area contributed by atoms with Gasteiger partial charge in [0.2, 0.25) is 0 Å². The van der Waals surface area contributed by atoms with Crippen LogP contribution in [0.15, 0.2) is 54.6 Å². The maximum Gasteiger partial charge on any atom is 0.314 e. The molecule has 1 aliphatic heterocycles. The number of para-hydroxylation sites is 1. The molecule has 6 heteroatoms. The number of carbonyl (C=O) groups is 2. The van der Waals surface area contributed by atoms with E-state index < -0.39 is 11.4 Å². The number of hydrogen-bond acceptors (Lipinski definition) is 4. The molecule has 1 saturated heterocycles. The normalized spacial score (nSPS) is 15.7. The van der Waals surface area contributed by atoms with Crippen LogP contribution < -0.4 is 4.74 Å². The molecule has 1 heterocycles. The second kappa shape index (κ2) is 9.56. The largest absolute Gasteiger partial charge is 0.490 e. The zero-order valence-corrected chi connectivity index (χ0v) is 16.7. The summed E-state index contributed by atoms with van der Waals surface area (Å²) in [5.41, 5.74) is 0.330. The molecule has 6 nitrogen and oxygen atoms in total. The molecule has 0 bridgehead atoms. The lowest BCUT2D eigenvalue weighted by Crippen LogP contribution is -2.49. The van der Waals surface area contributed by atoms with E-state index in [1.807, 2.05) is 43.3 Å². The van der Waals surface area contributed by atoms with E-state index in [0.717, 1.165) is 5.56 Å². The van der Waals surface area contributed by atoms with Gasteiger partial charge in [0.15, 0.2) is 0 Å². The van der Waals surface area contributed by atoms with Crippen molar-refractivity contribution in [3.05, 3.63) is 65.7 Å². The van der Waals surface area contributed by atoms with Gasteiger partial charge in [0.05, 0.1) is 17.6 Å². The first-order valence-electron chi connectivity index (χ1n) is 9.96. The van der Waals surface area contributed by atoms with E-state index in [1.54, 1.807) is 23.1 Å². The van der Waals surface area contributed by atoms with Crippen LogP contribution in [0.4, 0.5) is 0 Å². The molecule has 0 unspecified atom stereocenters. The van der Waals surface area contributed by atoms with Crippen LogP contribution in [0.3, 0.4) is 0 Å². The number of benzene rings is 2. The molecule has 2 aromatic carbocycles. The van der Waals surface area contributed by atoms with Crippen molar-refractivity contribution in [2.45, 2.75) is 25.2 Å². The van der Waals surface area contributed by atoms with Gasteiger partial charge in [0, 0.05) is 19.7 Å². The third-order valence-corrected chi connectivity index (χ3v) is 5.45. The van der Waals surface area contributed by atoms with Crippen LogP contribution in [-0.4, -0.2) is 54.8 Å². The Balaban J connectivity index is 1.71. The molecule has 29 heavy (non-hydrogen) atoms. The van der Waals surface area contributed by atoms with Crippen LogP contribution >= 0.6 is 0 Å². The van der Waals surface area contributed by atoms with Crippen molar-refractivity contribution >= 4 is 11.9 Å². The van der Waals surface area contributed by atoms with Gasteiger partial charge in [-0.3, -0.25) is 9.59 Å². The number of carboxylic acid groups (broad SMARTS) is 1. The highest BCUT2D eigenvalue weighted by Gasteiger charge is 2.44. The third kappa shape index (κ3) is 4.59. The summed E-state index contributed by atoms with van der Waals surface area (Å²) in [5.74, 6) is -0.449. The molecule has 3 rings (SSSR count). The van der Waals surface area contributed by atoms with E-state index in [2.05, 4.69) is 0 Å². The maximum atomic E-state index is 13.1. The first kappa shape index (κ1) is 20.9. The maximum absolute atomic E-state index is 13.1. The van der Waals surface area contributed by atoms with Crippen LogP contribution in [0, 0.1) is 0 Å². The lowest BCUT2D eigenvalue weighted by atomic mass is 9.72. The fourth-order valence-electron chi connectivity index (χ4n) is 3.77. The Bertz CT molecular complexity index is 828. The van der Waals surface area contributed by atoms with E-state index in [0.29, 0.717) is 57.1 Å². The number of nitrogens with zero attached hydrogens (tertiary/aromatic N) is 1. The summed E-state index contributed by atoms with van der Waals surface area (Å²) in [7, 11) is 0. The minimum Gasteiger partial charge on any atom is -0.490 e. The molecule has 0 spiro atoms. The fraction of sp³-hybridized carbons (Fsp3) is 0.391. The lowest BCUT2D eigenvalue weighted by molar-refractivity contribution is -0.145. The minimum absolute atomic E-state index is 0.135. The van der Waals surface area contributed by atoms with Crippen molar-refractivity contribution < 1.29 is 24.2 Å². The zero-order chi connectivity index (χ0) is 20.7. The SMILES string of the molecule is CCOCCOc1ccccc1C(=O)N1CCC(C(=O)O)(c2ccccc2)CC1. The topological polar surface area (TPSA) is 76.1 Å². The van der Waals surface area contributed by atoms with Crippen molar-refractivity contribution in [2.24, 2.45) is 0 Å². The third-order valence-electron chi connectivity index (χ3n) is 5.45. The molecule has 0 aromatic heterocycles. The lowest BCUT2D eigenvalue weighted by Gasteiger charge is -2.39. The molecular formula is C23H27NO5. The minimum atomic E-state index is -0.953. The van der Waals surface area contributed by atoms with Gasteiger partial charge < -0.3 is 19.5 Å². The average molecular weight is 397 g/mol. The van der Waals surface area contributed by atoms with Gasteiger partial charge in [-0.05, 0) is 37.5 Å². The highest BCUT2D eigenvalue weighted by molar-refractivity contribution is 5.97. The summed E-state index contributed by atoms with van der Waals surface area (Å²) in [6.07, 6.45) is 0.761. The highest BCUT2D eigenvalue weighted by Crippen LogP contribution is 2.36. The molecule has 1 fully saturated rings. The summed E-state index contributed by atoms with van der Waals surface area (Å²) in [6.45, 7) is 4.13. The van der Waals surface area contributed by atoms with Gasteiger partial charge in [0.1, 0.15) is 12.4 Å². The number of aliphatic carboxylic acids is 1. The van der Waals surface area contributed by atoms with Gasteiger partial charge in [-0.2, -0.15) is 0 Å². The monoisotopic (exact) mass is 397 g/mol. The summed E-state index contributed by atoms with van der Waals surface area (Å²) >= 11 is 0. The number of hydrogen-bond donors (Lipinski definition) is 1.